The Balaban J connectivity index is 2.93. The Kier molecular flexibility index (Phi) is 5.92. The first-order valence-corrected chi connectivity index (χ1v) is 6.46. The lowest BCUT2D eigenvalue weighted by molar-refractivity contribution is -0.384. The lowest BCUT2D eigenvalue weighted by atomic mass is 10.1. The molecule has 1 aromatic carbocycles. The van der Waals surface area contributed by atoms with E-state index in [1.54, 1.807) is 6.92 Å². The minimum absolute atomic E-state index is 0.0547. The smallest absolute Gasteiger partial charge is 0.338 e. The number of non-ortho nitro benzene ring substituents is 1. The Hall–Kier alpha value is -2.35. The maximum atomic E-state index is 11.3. The van der Waals surface area contributed by atoms with E-state index in [1.165, 1.54) is 0 Å². The van der Waals surface area contributed by atoms with E-state index >= 15 is 0 Å². The summed E-state index contributed by atoms with van der Waals surface area (Å²) in [6.07, 6.45) is 0.125. The van der Waals surface area contributed by atoms with Gasteiger partial charge in [-0.1, -0.05) is 11.6 Å². The lowest BCUT2D eigenvalue weighted by Gasteiger charge is -2.11. The van der Waals surface area contributed by atoms with Crippen molar-refractivity contribution in [3.63, 3.8) is 0 Å². The predicted octanol–water partition coefficient (Wildman–Crippen LogP) is 1.88. The number of anilines is 1. The van der Waals surface area contributed by atoms with Crippen LogP contribution < -0.4 is 10.6 Å². The Morgan fingerprint density at radius 1 is 1.43 bits per heavy atom. The Labute approximate surface area is 125 Å². The van der Waals surface area contributed by atoms with Crippen LogP contribution >= 0.6 is 11.6 Å². The lowest BCUT2D eigenvalue weighted by Crippen LogP contribution is -2.25. The average Bonchev–Trinajstić information content (AvgIpc) is 2.39. The van der Waals surface area contributed by atoms with Gasteiger partial charge in [0.2, 0.25) is 5.91 Å². The largest absolute Gasteiger partial charge is 0.478 e. The van der Waals surface area contributed by atoms with Gasteiger partial charge in [0, 0.05) is 31.6 Å². The number of carboxylic acid groups (broad SMARTS) is 1. The molecule has 0 aliphatic carbocycles. The highest BCUT2D eigenvalue weighted by atomic mass is 35.5. The number of aromatic carboxylic acids is 1. The molecule has 21 heavy (non-hydrogen) atoms. The first kappa shape index (κ1) is 16.7. The number of hydrogen-bond donors (Lipinski definition) is 3. The molecule has 1 amide bonds. The monoisotopic (exact) mass is 315 g/mol. The number of nitrogens with one attached hydrogen (secondary N) is 2. The highest BCUT2D eigenvalue weighted by molar-refractivity contribution is 6.34. The molecule has 0 saturated heterocycles. The quantitative estimate of drug-likeness (QED) is 0.521. The van der Waals surface area contributed by atoms with Gasteiger partial charge in [0.1, 0.15) is 0 Å². The molecule has 9 heteroatoms. The van der Waals surface area contributed by atoms with E-state index in [1.807, 2.05) is 0 Å². The van der Waals surface area contributed by atoms with Crippen LogP contribution in [0.25, 0.3) is 0 Å². The summed E-state index contributed by atoms with van der Waals surface area (Å²) in [6, 6.07) is 1.98. The number of carbonyl (C=O) groups excluding carboxylic acids is 1. The molecule has 0 aliphatic rings. The summed E-state index contributed by atoms with van der Waals surface area (Å²) in [5.41, 5.74) is -0.671. The van der Waals surface area contributed by atoms with E-state index in [-0.39, 0.29) is 35.1 Å². The predicted molar refractivity (Wildman–Crippen MR) is 76.9 cm³/mol. The number of carbonyl (C=O) groups is 2. The summed E-state index contributed by atoms with van der Waals surface area (Å²) < 4.78 is 0. The molecule has 0 aliphatic heterocycles. The summed E-state index contributed by atoms with van der Waals surface area (Å²) in [4.78, 5) is 32.4. The molecule has 0 fully saturated rings. The van der Waals surface area contributed by atoms with E-state index in [4.69, 9.17) is 16.7 Å². The number of nitro groups is 1. The average molecular weight is 316 g/mol. The molecule has 0 radical (unpaired) electrons. The van der Waals surface area contributed by atoms with Crippen molar-refractivity contribution in [2.75, 3.05) is 18.4 Å². The van der Waals surface area contributed by atoms with Crippen LogP contribution in [0.5, 0.6) is 0 Å². The standard InChI is InChI=1S/C12H14ClN3O5/c1-2-14-10(17)3-4-15-11-8(12(18)19)5-7(16(20)21)6-9(11)13/h5-6,15H,2-4H2,1H3,(H,14,17)(H,18,19). The van der Waals surface area contributed by atoms with Crippen LogP contribution in [0, 0.1) is 10.1 Å². The van der Waals surface area contributed by atoms with Gasteiger partial charge in [0.05, 0.1) is 21.2 Å². The number of rotatable bonds is 7. The van der Waals surface area contributed by atoms with Gasteiger partial charge in [-0.25, -0.2) is 4.79 Å². The third kappa shape index (κ3) is 4.60. The number of benzene rings is 1. The van der Waals surface area contributed by atoms with Crippen LogP contribution in [0.1, 0.15) is 23.7 Å². The van der Waals surface area contributed by atoms with Crippen LogP contribution in [0.15, 0.2) is 12.1 Å². The fourth-order valence-corrected chi connectivity index (χ4v) is 1.91. The molecule has 8 nitrogen and oxygen atoms in total. The minimum Gasteiger partial charge on any atom is -0.478 e. The number of halogens is 1. The summed E-state index contributed by atoms with van der Waals surface area (Å²) >= 11 is 5.87. The highest BCUT2D eigenvalue weighted by Crippen LogP contribution is 2.31. The molecule has 0 spiro atoms. The first-order chi connectivity index (χ1) is 9.86. The van der Waals surface area contributed by atoms with Crippen LogP contribution in [0.3, 0.4) is 0 Å². The van der Waals surface area contributed by atoms with Crippen molar-refractivity contribution in [1.82, 2.24) is 5.32 Å². The van der Waals surface area contributed by atoms with Gasteiger partial charge in [-0.05, 0) is 6.92 Å². The van der Waals surface area contributed by atoms with E-state index in [0.717, 1.165) is 12.1 Å². The van der Waals surface area contributed by atoms with E-state index < -0.39 is 16.6 Å². The second-order valence-corrected chi connectivity index (χ2v) is 4.45. The van der Waals surface area contributed by atoms with Gasteiger partial charge >= 0.3 is 5.97 Å². The van der Waals surface area contributed by atoms with E-state index in [0.29, 0.717) is 6.54 Å². The van der Waals surface area contributed by atoms with Crippen molar-refractivity contribution < 1.29 is 19.6 Å². The summed E-state index contributed by atoms with van der Waals surface area (Å²) in [7, 11) is 0. The second-order valence-electron chi connectivity index (χ2n) is 4.04. The molecule has 0 unspecified atom stereocenters. The number of amides is 1. The normalized spacial score (nSPS) is 10.0. The van der Waals surface area contributed by atoms with Crippen LogP contribution in [-0.4, -0.2) is 35.0 Å². The van der Waals surface area contributed by atoms with E-state index in [2.05, 4.69) is 10.6 Å². The van der Waals surface area contributed by atoms with E-state index in [9.17, 15) is 19.7 Å². The summed E-state index contributed by atoms with van der Waals surface area (Å²) in [5, 5.41) is 25.0. The Bertz CT molecular complexity index is 576. The van der Waals surface area contributed by atoms with Crippen molar-refractivity contribution in [2.24, 2.45) is 0 Å². The van der Waals surface area contributed by atoms with Crippen LogP contribution in [0.4, 0.5) is 11.4 Å². The van der Waals surface area contributed by atoms with Gasteiger partial charge in [0.15, 0.2) is 0 Å². The second kappa shape index (κ2) is 7.44. The number of carboxylic acids is 1. The fourth-order valence-electron chi connectivity index (χ4n) is 1.63. The van der Waals surface area contributed by atoms with Gasteiger partial charge in [-0.15, -0.1) is 0 Å². The molecular formula is C12H14ClN3O5. The summed E-state index contributed by atoms with van der Waals surface area (Å²) in [6.45, 7) is 2.43. The van der Waals surface area contributed by atoms with Crippen LogP contribution in [-0.2, 0) is 4.79 Å². The van der Waals surface area contributed by atoms with Crippen molar-refractivity contribution in [1.29, 1.82) is 0 Å². The molecule has 3 N–H and O–H groups in total. The number of nitrogens with zero attached hydrogens (tertiary/aromatic N) is 1. The maximum absolute atomic E-state index is 11.3. The van der Waals surface area contributed by atoms with Crippen LogP contribution in [0.2, 0.25) is 5.02 Å². The molecule has 1 rings (SSSR count). The highest BCUT2D eigenvalue weighted by Gasteiger charge is 2.20. The first-order valence-electron chi connectivity index (χ1n) is 6.08. The van der Waals surface area contributed by atoms with Gasteiger partial charge < -0.3 is 15.7 Å². The van der Waals surface area contributed by atoms with Crippen molar-refractivity contribution in [3.05, 3.63) is 32.8 Å². The third-order valence-corrected chi connectivity index (χ3v) is 2.84. The molecule has 0 atom stereocenters. The number of nitro benzene ring substituents is 1. The van der Waals surface area contributed by atoms with Crippen molar-refractivity contribution in [2.45, 2.75) is 13.3 Å². The van der Waals surface area contributed by atoms with Crippen molar-refractivity contribution in [3.8, 4) is 0 Å². The zero-order chi connectivity index (χ0) is 16.0. The van der Waals surface area contributed by atoms with Gasteiger partial charge in [-0.2, -0.15) is 0 Å². The molecule has 0 heterocycles. The molecule has 114 valence electrons. The fraction of sp³-hybridized carbons (Fsp3) is 0.333. The zero-order valence-corrected chi connectivity index (χ0v) is 11.9. The van der Waals surface area contributed by atoms with Gasteiger partial charge in [0.25, 0.3) is 5.69 Å². The molecule has 0 aromatic heterocycles. The molecular weight excluding hydrogens is 302 g/mol. The Morgan fingerprint density at radius 2 is 2.10 bits per heavy atom. The number of hydrogen-bond acceptors (Lipinski definition) is 5. The third-order valence-electron chi connectivity index (χ3n) is 2.54. The van der Waals surface area contributed by atoms with Crippen molar-refractivity contribution >= 4 is 34.9 Å². The maximum Gasteiger partial charge on any atom is 0.338 e. The topological polar surface area (TPSA) is 122 Å². The molecule has 1 aromatic rings. The SMILES string of the molecule is CCNC(=O)CCNc1c(Cl)cc([N+](=O)[O-])cc1C(=O)O. The zero-order valence-electron chi connectivity index (χ0n) is 11.2. The molecule has 0 saturated carbocycles. The minimum atomic E-state index is -1.35. The van der Waals surface area contributed by atoms with Gasteiger partial charge in [-0.3, -0.25) is 14.9 Å². The Morgan fingerprint density at radius 3 is 2.62 bits per heavy atom. The molecule has 0 bridgehead atoms. The summed E-state index contributed by atoms with van der Waals surface area (Å²) in [5.74, 6) is -1.54.